The van der Waals surface area contributed by atoms with Crippen molar-refractivity contribution in [3.05, 3.63) is 47.4 Å². The van der Waals surface area contributed by atoms with E-state index in [0.717, 1.165) is 0 Å². The number of methoxy groups -OCH3 is 1. The number of piperidine rings is 1. The number of nitrogens with zero attached hydrogens (tertiary/aromatic N) is 3. The summed E-state index contributed by atoms with van der Waals surface area (Å²) >= 11 is 0. The second kappa shape index (κ2) is 9.55. The second-order valence-corrected chi connectivity index (χ2v) is 8.61. The molecule has 1 aromatic heterocycles. The van der Waals surface area contributed by atoms with Crippen LogP contribution in [0, 0.1) is 5.82 Å². The molecule has 1 saturated heterocycles. The molecular weight excluding hydrogens is 389 g/mol. The Morgan fingerprint density at radius 2 is 1.96 bits per heavy atom. The minimum Gasteiger partial charge on any atom is -0.378 e. The van der Waals surface area contributed by atoms with Gasteiger partial charge in [0.25, 0.3) is 5.89 Å². The van der Waals surface area contributed by atoms with Gasteiger partial charge in [0.1, 0.15) is 12.4 Å². The molecule has 0 radical (unpaired) electrons. The summed E-state index contributed by atoms with van der Waals surface area (Å²) in [5.74, 6) is 0.485. The van der Waals surface area contributed by atoms with Gasteiger partial charge in [0.05, 0.1) is 18.5 Å². The highest BCUT2D eigenvalue weighted by molar-refractivity contribution is 7.88. The van der Waals surface area contributed by atoms with Gasteiger partial charge in [-0.1, -0.05) is 17.3 Å². The topological polar surface area (TPSA) is 94.8 Å². The predicted octanol–water partition coefficient (Wildman–Crippen LogP) is 1.91. The Kier molecular flexibility index (Phi) is 7.11. The molecule has 0 saturated carbocycles. The van der Waals surface area contributed by atoms with Crippen LogP contribution < -0.4 is 0 Å². The SMILES string of the molecule is COCc1nc(CCOC2CCN(S(=O)(=O)Cc3ccc(F)cc3)CC2)no1. The van der Waals surface area contributed by atoms with Gasteiger partial charge in [0, 0.05) is 26.6 Å². The van der Waals surface area contributed by atoms with Crippen LogP contribution in [-0.4, -0.2) is 55.8 Å². The first kappa shape index (κ1) is 20.8. The number of hydrogen-bond acceptors (Lipinski definition) is 7. The summed E-state index contributed by atoms with van der Waals surface area (Å²) in [4.78, 5) is 4.18. The molecule has 154 valence electrons. The van der Waals surface area contributed by atoms with E-state index in [1.165, 1.54) is 28.6 Å². The van der Waals surface area contributed by atoms with Crippen molar-refractivity contribution in [1.29, 1.82) is 0 Å². The van der Waals surface area contributed by atoms with E-state index in [2.05, 4.69) is 10.1 Å². The first-order chi connectivity index (χ1) is 13.5. The summed E-state index contributed by atoms with van der Waals surface area (Å²) in [6, 6.07) is 5.54. The molecule has 10 heteroatoms. The minimum absolute atomic E-state index is 0.00242. The molecule has 8 nitrogen and oxygen atoms in total. The van der Waals surface area contributed by atoms with Gasteiger partial charge >= 0.3 is 0 Å². The number of hydrogen-bond donors (Lipinski definition) is 0. The summed E-state index contributed by atoms with van der Waals surface area (Å²) in [5, 5.41) is 3.85. The van der Waals surface area contributed by atoms with E-state index in [1.54, 1.807) is 7.11 Å². The lowest BCUT2D eigenvalue weighted by atomic mass is 10.1. The van der Waals surface area contributed by atoms with Crippen LogP contribution in [0.4, 0.5) is 4.39 Å². The number of aromatic nitrogens is 2. The Labute approximate surface area is 163 Å². The molecule has 2 heterocycles. The van der Waals surface area contributed by atoms with Crippen LogP contribution in [0.15, 0.2) is 28.8 Å². The average molecular weight is 413 g/mol. The van der Waals surface area contributed by atoms with Crippen molar-refractivity contribution in [3.8, 4) is 0 Å². The molecule has 2 aromatic rings. The molecule has 0 atom stereocenters. The molecule has 3 rings (SSSR count). The Bertz CT molecular complexity index is 848. The second-order valence-electron chi connectivity index (χ2n) is 6.64. The molecule has 0 bridgehead atoms. The maximum atomic E-state index is 13.0. The summed E-state index contributed by atoms with van der Waals surface area (Å²) in [7, 11) is -1.87. The van der Waals surface area contributed by atoms with Crippen molar-refractivity contribution >= 4 is 10.0 Å². The zero-order chi connectivity index (χ0) is 20.0. The molecule has 0 unspecified atom stereocenters. The normalized spacial score (nSPS) is 16.5. The number of sulfonamides is 1. The highest BCUT2D eigenvalue weighted by Crippen LogP contribution is 2.20. The minimum atomic E-state index is -3.43. The Morgan fingerprint density at radius 3 is 2.64 bits per heavy atom. The molecule has 1 aromatic carbocycles. The molecular formula is C18H24FN3O5S. The maximum absolute atomic E-state index is 13.0. The number of halogens is 1. The Morgan fingerprint density at radius 1 is 1.25 bits per heavy atom. The van der Waals surface area contributed by atoms with Gasteiger partial charge in [-0.3, -0.25) is 0 Å². The van der Waals surface area contributed by atoms with Crippen LogP contribution in [0.2, 0.25) is 0 Å². The average Bonchev–Trinajstić information content (AvgIpc) is 3.12. The van der Waals surface area contributed by atoms with E-state index in [0.29, 0.717) is 56.2 Å². The smallest absolute Gasteiger partial charge is 0.252 e. The lowest BCUT2D eigenvalue weighted by Crippen LogP contribution is -2.41. The first-order valence-electron chi connectivity index (χ1n) is 9.10. The highest BCUT2D eigenvalue weighted by atomic mass is 32.2. The maximum Gasteiger partial charge on any atom is 0.252 e. The third-order valence-corrected chi connectivity index (χ3v) is 6.36. The monoisotopic (exact) mass is 413 g/mol. The van der Waals surface area contributed by atoms with Gasteiger partial charge < -0.3 is 14.0 Å². The molecule has 0 amide bonds. The van der Waals surface area contributed by atoms with E-state index < -0.39 is 10.0 Å². The van der Waals surface area contributed by atoms with Gasteiger partial charge in [-0.25, -0.2) is 17.1 Å². The van der Waals surface area contributed by atoms with Crippen LogP contribution in [0.1, 0.15) is 30.1 Å². The van der Waals surface area contributed by atoms with Gasteiger partial charge in [0.15, 0.2) is 5.82 Å². The lowest BCUT2D eigenvalue weighted by molar-refractivity contribution is 0.0222. The van der Waals surface area contributed by atoms with Crippen molar-refractivity contribution in [1.82, 2.24) is 14.4 Å². The fraction of sp³-hybridized carbons (Fsp3) is 0.556. The van der Waals surface area contributed by atoms with Gasteiger partial charge in [-0.15, -0.1) is 0 Å². The van der Waals surface area contributed by atoms with E-state index in [1.807, 2.05) is 0 Å². The van der Waals surface area contributed by atoms with Crippen molar-refractivity contribution in [2.24, 2.45) is 0 Å². The van der Waals surface area contributed by atoms with E-state index >= 15 is 0 Å². The largest absolute Gasteiger partial charge is 0.378 e. The summed E-state index contributed by atoms with van der Waals surface area (Å²) < 4.78 is 55.3. The van der Waals surface area contributed by atoms with Crippen LogP contribution in [0.3, 0.4) is 0 Å². The van der Waals surface area contributed by atoms with E-state index in [4.69, 9.17) is 14.0 Å². The molecule has 1 fully saturated rings. The quantitative estimate of drug-likeness (QED) is 0.620. The predicted molar refractivity (Wildman–Crippen MR) is 98.3 cm³/mol. The highest BCUT2D eigenvalue weighted by Gasteiger charge is 2.28. The molecule has 1 aliphatic heterocycles. The van der Waals surface area contributed by atoms with Crippen LogP contribution in [0.25, 0.3) is 0 Å². The van der Waals surface area contributed by atoms with Crippen LogP contribution >= 0.6 is 0 Å². The lowest BCUT2D eigenvalue weighted by Gasteiger charge is -2.31. The molecule has 0 aliphatic carbocycles. The summed E-state index contributed by atoms with van der Waals surface area (Å²) in [6.45, 7) is 1.54. The number of ether oxygens (including phenoxy) is 2. The summed E-state index contributed by atoms with van der Waals surface area (Å²) in [6.07, 6.45) is 1.78. The van der Waals surface area contributed by atoms with E-state index in [9.17, 15) is 12.8 Å². The third kappa shape index (κ3) is 5.81. The van der Waals surface area contributed by atoms with Gasteiger partial charge in [-0.05, 0) is 30.5 Å². The molecule has 0 spiro atoms. The fourth-order valence-electron chi connectivity index (χ4n) is 3.05. The Hall–Kier alpha value is -1.88. The first-order valence-corrected chi connectivity index (χ1v) is 10.7. The zero-order valence-electron chi connectivity index (χ0n) is 15.7. The van der Waals surface area contributed by atoms with Crippen molar-refractivity contribution in [3.63, 3.8) is 0 Å². The van der Waals surface area contributed by atoms with E-state index in [-0.39, 0.29) is 24.3 Å². The third-order valence-electron chi connectivity index (χ3n) is 4.51. The number of rotatable bonds is 9. The molecule has 1 aliphatic rings. The molecule has 0 N–H and O–H groups in total. The molecule has 28 heavy (non-hydrogen) atoms. The van der Waals surface area contributed by atoms with Crippen LogP contribution in [0.5, 0.6) is 0 Å². The van der Waals surface area contributed by atoms with Crippen molar-refractivity contribution < 1.29 is 26.8 Å². The zero-order valence-corrected chi connectivity index (χ0v) is 16.5. The Balaban J connectivity index is 1.41. The van der Waals surface area contributed by atoms with Gasteiger partial charge in [-0.2, -0.15) is 4.98 Å². The standard InChI is InChI=1S/C18H24FN3O5S/c1-25-12-18-20-17(21-27-18)8-11-26-16-6-9-22(10-7-16)28(23,24)13-14-2-4-15(19)5-3-14/h2-5,16H,6-13H2,1H3. The fourth-order valence-corrected chi connectivity index (χ4v) is 4.61. The number of benzene rings is 1. The van der Waals surface area contributed by atoms with Gasteiger partial charge in [0.2, 0.25) is 10.0 Å². The van der Waals surface area contributed by atoms with Crippen LogP contribution in [-0.2, 0) is 38.3 Å². The van der Waals surface area contributed by atoms with Crippen molar-refractivity contribution in [2.45, 2.75) is 37.7 Å². The summed E-state index contributed by atoms with van der Waals surface area (Å²) in [5.41, 5.74) is 0.577. The van der Waals surface area contributed by atoms with Crippen molar-refractivity contribution in [2.75, 3.05) is 26.8 Å².